The third kappa shape index (κ3) is 1.24. The van der Waals surface area contributed by atoms with Gasteiger partial charge in [-0.25, -0.2) is 9.98 Å². The molecular weight excluding hydrogens is 109 g/mol. The summed E-state index contributed by atoms with van der Waals surface area (Å²) in [6, 6.07) is 0. The first-order valence-electron chi connectivity index (χ1n) is 1.94. The van der Waals surface area contributed by atoms with Crippen LogP contribution in [0.1, 0.15) is 0 Å². The predicted molar refractivity (Wildman–Crippen MR) is 33.6 cm³/mol. The number of rotatable bonds is 0. The molecule has 0 aromatic carbocycles. The summed E-state index contributed by atoms with van der Waals surface area (Å²) in [5, 5.41) is 2.86. The van der Waals surface area contributed by atoms with Crippen LogP contribution in [0, 0.1) is 0 Å². The van der Waals surface area contributed by atoms with Gasteiger partial charge < -0.3 is 5.32 Å². The standard InChI is InChI=1S/C3H6N3P/c7-3-5-1-4-2-6-3/h1-3H,7H2,(H,4,5,6). The van der Waals surface area contributed by atoms with E-state index in [2.05, 4.69) is 24.5 Å². The minimum Gasteiger partial charge on any atom is -0.352 e. The Morgan fingerprint density at radius 2 is 2.57 bits per heavy atom. The first kappa shape index (κ1) is 4.72. The highest BCUT2D eigenvalue weighted by Crippen LogP contribution is 1.95. The Morgan fingerprint density at radius 3 is 2.86 bits per heavy atom. The quantitative estimate of drug-likeness (QED) is 0.436. The second-order valence-corrected chi connectivity index (χ2v) is 1.79. The molecule has 0 saturated carbocycles. The molecule has 0 aromatic rings. The fourth-order valence-electron chi connectivity index (χ4n) is 0.306. The highest BCUT2D eigenvalue weighted by Gasteiger charge is 1.92. The zero-order valence-corrected chi connectivity index (χ0v) is 4.86. The van der Waals surface area contributed by atoms with Gasteiger partial charge in [-0.15, -0.1) is 0 Å². The van der Waals surface area contributed by atoms with Crippen molar-refractivity contribution in [2.75, 3.05) is 0 Å². The molecule has 2 unspecified atom stereocenters. The van der Waals surface area contributed by atoms with Crippen LogP contribution in [0.5, 0.6) is 0 Å². The van der Waals surface area contributed by atoms with Gasteiger partial charge in [-0.3, -0.25) is 0 Å². The number of aliphatic imine (C=N–C) groups is 2. The van der Waals surface area contributed by atoms with Crippen molar-refractivity contribution >= 4 is 21.9 Å². The molecular formula is C3H6N3P. The minimum atomic E-state index is 0.123. The lowest BCUT2D eigenvalue weighted by Gasteiger charge is -2.05. The van der Waals surface area contributed by atoms with E-state index >= 15 is 0 Å². The zero-order chi connectivity index (χ0) is 5.11. The van der Waals surface area contributed by atoms with E-state index in [1.807, 2.05) is 0 Å². The van der Waals surface area contributed by atoms with Crippen molar-refractivity contribution in [1.29, 1.82) is 0 Å². The van der Waals surface area contributed by atoms with Gasteiger partial charge in [0.25, 0.3) is 0 Å². The molecule has 1 heterocycles. The molecule has 38 valence electrons. The average molecular weight is 115 g/mol. The second kappa shape index (κ2) is 2.03. The fraction of sp³-hybridized carbons (Fsp3) is 0.333. The Bertz CT molecular complexity index is 109. The smallest absolute Gasteiger partial charge is 0.134 e. The van der Waals surface area contributed by atoms with E-state index in [0.29, 0.717) is 0 Å². The van der Waals surface area contributed by atoms with E-state index in [1.54, 1.807) is 6.34 Å². The Morgan fingerprint density at radius 1 is 1.71 bits per heavy atom. The lowest BCUT2D eigenvalue weighted by Crippen LogP contribution is -2.21. The van der Waals surface area contributed by atoms with Crippen molar-refractivity contribution in [2.24, 2.45) is 9.98 Å². The van der Waals surface area contributed by atoms with E-state index < -0.39 is 0 Å². The van der Waals surface area contributed by atoms with Crippen LogP contribution in [0.25, 0.3) is 0 Å². The number of hydrogen-bond acceptors (Lipinski definition) is 3. The summed E-state index contributed by atoms with van der Waals surface area (Å²) in [6.07, 6.45) is 3.14. The lowest BCUT2D eigenvalue weighted by atomic mass is 10.9. The average Bonchev–Trinajstić information content (AvgIpc) is 1.69. The molecule has 0 amide bonds. The van der Waals surface area contributed by atoms with Crippen LogP contribution in [0.15, 0.2) is 9.98 Å². The van der Waals surface area contributed by atoms with Crippen LogP contribution in [0.2, 0.25) is 0 Å². The summed E-state index contributed by atoms with van der Waals surface area (Å²) >= 11 is 0. The van der Waals surface area contributed by atoms with Crippen molar-refractivity contribution in [2.45, 2.75) is 5.91 Å². The maximum atomic E-state index is 3.86. The van der Waals surface area contributed by atoms with Gasteiger partial charge in [0.2, 0.25) is 0 Å². The van der Waals surface area contributed by atoms with Crippen molar-refractivity contribution in [3.63, 3.8) is 0 Å². The Labute approximate surface area is 44.1 Å². The third-order valence-electron chi connectivity index (χ3n) is 0.614. The topological polar surface area (TPSA) is 36.8 Å². The summed E-state index contributed by atoms with van der Waals surface area (Å²) in [6.45, 7) is 0. The van der Waals surface area contributed by atoms with E-state index in [-0.39, 0.29) is 5.91 Å². The molecule has 1 rings (SSSR count). The second-order valence-electron chi connectivity index (χ2n) is 1.15. The van der Waals surface area contributed by atoms with Gasteiger partial charge in [-0.2, -0.15) is 0 Å². The van der Waals surface area contributed by atoms with Gasteiger partial charge in [0.15, 0.2) is 0 Å². The van der Waals surface area contributed by atoms with Crippen LogP contribution in [0.3, 0.4) is 0 Å². The summed E-state index contributed by atoms with van der Waals surface area (Å²) in [5.74, 6) is 0.123. The van der Waals surface area contributed by atoms with Crippen LogP contribution in [0.4, 0.5) is 0 Å². The highest BCUT2D eigenvalue weighted by atomic mass is 31.0. The molecule has 4 heteroatoms. The van der Waals surface area contributed by atoms with Gasteiger partial charge >= 0.3 is 0 Å². The monoisotopic (exact) mass is 115 g/mol. The van der Waals surface area contributed by atoms with E-state index in [0.717, 1.165) is 0 Å². The zero-order valence-electron chi connectivity index (χ0n) is 3.70. The van der Waals surface area contributed by atoms with Crippen molar-refractivity contribution in [3.05, 3.63) is 0 Å². The fourth-order valence-corrected chi connectivity index (χ4v) is 0.469. The van der Waals surface area contributed by atoms with Crippen molar-refractivity contribution < 1.29 is 0 Å². The van der Waals surface area contributed by atoms with Crippen LogP contribution >= 0.6 is 9.24 Å². The van der Waals surface area contributed by atoms with Crippen LogP contribution in [-0.4, -0.2) is 18.6 Å². The number of hydrogen-bond donors (Lipinski definition) is 1. The van der Waals surface area contributed by atoms with E-state index in [9.17, 15) is 0 Å². The molecule has 2 atom stereocenters. The third-order valence-corrected chi connectivity index (χ3v) is 0.978. The van der Waals surface area contributed by atoms with Gasteiger partial charge in [-0.1, -0.05) is 9.24 Å². The molecule has 7 heavy (non-hydrogen) atoms. The molecule has 0 saturated heterocycles. The van der Waals surface area contributed by atoms with Gasteiger partial charge in [0, 0.05) is 0 Å². The largest absolute Gasteiger partial charge is 0.352 e. The summed E-state index contributed by atoms with van der Waals surface area (Å²) in [4.78, 5) is 7.55. The molecule has 0 radical (unpaired) electrons. The summed E-state index contributed by atoms with van der Waals surface area (Å²) in [5.41, 5.74) is 0. The van der Waals surface area contributed by atoms with Crippen molar-refractivity contribution in [3.8, 4) is 0 Å². The normalized spacial score (nSPS) is 27.3. The SMILES string of the molecule is PC1N=CN=CN1. The van der Waals surface area contributed by atoms with Gasteiger partial charge in [-0.05, 0) is 0 Å². The first-order valence-corrected chi connectivity index (χ1v) is 2.61. The maximum absolute atomic E-state index is 3.86. The number of nitrogens with zero attached hydrogens (tertiary/aromatic N) is 2. The molecule has 0 fully saturated rings. The Hall–Kier alpha value is -0.430. The van der Waals surface area contributed by atoms with Gasteiger partial charge in [0.05, 0.1) is 6.34 Å². The van der Waals surface area contributed by atoms with E-state index in [4.69, 9.17) is 0 Å². The molecule has 1 N–H and O–H groups in total. The molecule has 0 bridgehead atoms. The summed E-state index contributed by atoms with van der Waals surface area (Å²) < 4.78 is 0. The Balaban J connectivity index is 2.49. The van der Waals surface area contributed by atoms with E-state index in [1.165, 1.54) is 6.34 Å². The molecule has 0 aromatic heterocycles. The molecule has 3 nitrogen and oxygen atoms in total. The van der Waals surface area contributed by atoms with Gasteiger partial charge in [0.1, 0.15) is 12.2 Å². The number of nitrogens with one attached hydrogen (secondary N) is 1. The summed E-state index contributed by atoms with van der Waals surface area (Å²) in [7, 11) is 2.51. The maximum Gasteiger partial charge on any atom is 0.134 e. The molecule has 0 aliphatic carbocycles. The minimum absolute atomic E-state index is 0.123. The lowest BCUT2D eigenvalue weighted by molar-refractivity contribution is 0.867. The first-order chi connectivity index (χ1) is 3.39. The predicted octanol–water partition coefficient (Wildman–Crippen LogP) is -0.195. The van der Waals surface area contributed by atoms with Crippen molar-refractivity contribution in [1.82, 2.24) is 5.32 Å². The van der Waals surface area contributed by atoms with Crippen LogP contribution < -0.4 is 5.32 Å². The highest BCUT2D eigenvalue weighted by molar-refractivity contribution is 7.17. The molecule has 0 spiro atoms. The molecule has 1 aliphatic heterocycles. The van der Waals surface area contributed by atoms with Crippen LogP contribution in [-0.2, 0) is 0 Å². The molecule has 1 aliphatic rings. The Kier molecular flexibility index (Phi) is 1.37.